The fraction of sp³-hybridized carbons (Fsp3) is 0.273. The summed E-state index contributed by atoms with van der Waals surface area (Å²) in [5.41, 5.74) is 1.18. The monoisotopic (exact) mass is 265 g/mol. The number of hydrogen-bond acceptors (Lipinski definition) is 4. The Morgan fingerprint density at radius 1 is 1.39 bits per heavy atom. The summed E-state index contributed by atoms with van der Waals surface area (Å²) < 4.78 is 1.72. The van der Waals surface area contributed by atoms with E-state index in [0.717, 1.165) is 5.69 Å². The molecule has 0 aromatic carbocycles. The summed E-state index contributed by atoms with van der Waals surface area (Å²) in [6.07, 6.45) is 2.54. The molecule has 1 N–H and O–H groups in total. The lowest BCUT2D eigenvalue weighted by Crippen LogP contribution is -2.26. The van der Waals surface area contributed by atoms with E-state index in [1.807, 2.05) is 19.3 Å². The molecule has 1 amide bonds. The Morgan fingerprint density at radius 3 is 2.83 bits per heavy atom. The summed E-state index contributed by atoms with van der Waals surface area (Å²) in [5, 5.41) is 14.5. The van der Waals surface area contributed by atoms with Crippen molar-refractivity contribution in [2.75, 3.05) is 6.54 Å². The van der Waals surface area contributed by atoms with Crippen LogP contribution in [0.5, 0.6) is 0 Å². The molecular weight excluding hydrogens is 254 g/mol. The first kappa shape index (κ1) is 12.5. The summed E-state index contributed by atoms with van der Waals surface area (Å²) in [7, 11) is 1.85. The van der Waals surface area contributed by atoms with Crippen molar-refractivity contribution in [1.29, 1.82) is 0 Å². The highest BCUT2D eigenvalue weighted by molar-refractivity contribution is 6.29. The zero-order chi connectivity index (χ0) is 13.0. The number of hydrogen-bond donors (Lipinski definition) is 1. The lowest BCUT2D eigenvalue weighted by atomic mass is 10.3. The third kappa shape index (κ3) is 3.27. The van der Waals surface area contributed by atoms with Crippen molar-refractivity contribution in [3.8, 4) is 0 Å². The van der Waals surface area contributed by atoms with Crippen molar-refractivity contribution in [2.45, 2.75) is 6.42 Å². The van der Waals surface area contributed by atoms with Crippen LogP contribution in [0.15, 0.2) is 24.4 Å². The SMILES string of the molecule is Cn1ccc(CCNC(=O)c2ccc(Cl)nn2)n1. The number of nitrogens with one attached hydrogen (secondary N) is 1. The van der Waals surface area contributed by atoms with Gasteiger partial charge in [0.15, 0.2) is 10.8 Å². The third-order valence-electron chi connectivity index (χ3n) is 2.30. The van der Waals surface area contributed by atoms with Crippen molar-refractivity contribution >= 4 is 17.5 Å². The molecule has 2 aromatic rings. The van der Waals surface area contributed by atoms with E-state index in [2.05, 4.69) is 20.6 Å². The Hall–Kier alpha value is -1.95. The predicted molar refractivity (Wildman–Crippen MR) is 66.3 cm³/mol. The molecule has 2 heterocycles. The van der Waals surface area contributed by atoms with E-state index in [1.165, 1.54) is 12.1 Å². The van der Waals surface area contributed by atoms with Crippen LogP contribution in [-0.2, 0) is 13.5 Å². The van der Waals surface area contributed by atoms with Gasteiger partial charge < -0.3 is 5.32 Å². The van der Waals surface area contributed by atoms with Crippen LogP contribution >= 0.6 is 11.6 Å². The summed E-state index contributed by atoms with van der Waals surface area (Å²) in [5.74, 6) is -0.268. The summed E-state index contributed by atoms with van der Waals surface area (Å²) in [6, 6.07) is 4.97. The standard InChI is InChI=1S/C11H12ClN5O/c1-17-7-5-8(16-17)4-6-13-11(18)9-2-3-10(12)15-14-9/h2-3,5,7H,4,6H2,1H3,(H,13,18). The van der Waals surface area contributed by atoms with Crippen molar-refractivity contribution in [2.24, 2.45) is 7.05 Å². The minimum absolute atomic E-state index is 0.250. The molecule has 94 valence electrons. The molecule has 0 fully saturated rings. The quantitative estimate of drug-likeness (QED) is 0.889. The Bertz CT molecular complexity index is 537. The Kier molecular flexibility index (Phi) is 3.88. The number of nitrogens with zero attached hydrogens (tertiary/aromatic N) is 4. The van der Waals surface area contributed by atoms with Crippen molar-refractivity contribution in [3.05, 3.63) is 40.9 Å². The second-order valence-corrected chi connectivity index (χ2v) is 4.12. The number of rotatable bonds is 4. The van der Waals surface area contributed by atoms with Crippen molar-refractivity contribution < 1.29 is 4.79 Å². The van der Waals surface area contributed by atoms with Crippen LogP contribution in [0.2, 0.25) is 5.15 Å². The van der Waals surface area contributed by atoms with Crippen molar-refractivity contribution in [1.82, 2.24) is 25.3 Å². The Morgan fingerprint density at radius 2 is 2.22 bits per heavy atom. The van der Waals surface area contributed by atoms with Crippen LogP contribution < -0.4 is 5.32 Å². The van der Waals surface area contributed by atoms with Gasteiger partial charge in [0.2, 0.25) is 0 Å². The Labute approximate surface area is 109 Å². The lowest BCUT2D eigenvalue weighted by molar-refractivity contribution is 0.0948. The zero-order valence-electron chi connectivity index (χ0n) is 9.80. The van der Waals surface area contributed by atoms with Crippen LogP contribution in [0.4, 0.5) is 0 Å². The van der Waals surface area contributed by atoms with E-state index in [1.54, 1.807) is 4.68 Å². The topological polar surface area (TPSA) is 72.7 Å². The van der Waals surface area contributed by atoms with Gasteiger partial charge in [-0.1, -0.05) is 11.6 Å². The van der Waals surface area contributed by atoms with Gasteiger partial charge in [-0.3, -0.25) is 9.48 Å². The maximum atomic E-state index is 11.7. The van der Waals surface area contributed by atoms with Crippen molar-refractivity contribution in [3.63, 3.8) is 0 Å². The van der Waals surface area contributed by atoms with E-state index in [-0.39, 0.29) is 16.8 Å². The van der Waals surface area contributed by atoms with Gasteiger partial charge in [-0.05, 0) is 18.2 Å². The van der Waals surface area contributed by atoms with Gasteiger partial charge in [-0.15, -0.1) is 10.2 Å². The number of carbonyl (C=O) groups excluding carboxylic acids is 1. The van der Waals surface area contributed by atoms with E-state index >= 15 is 0 Å². The smallest absolute Gasteiger partial charge is 0.271 e. The average Bonchev–Trinajstić information content (AvgIpc) is 2.76. The van der Waals surface area contributed by atoms with Gasteiger partial charge in [0.05, 0.1) is 5.69 Å². The largest absolute Gasteiger partial charge is 0.350 e. The molecule has 2 aromatic heterocycles. The van der Waals surface area contributed by atoms with Crippen LogP contribution in [0.3, 0.4) is 0 Å². The zero-order valence-corrected chi connectivity index (χ0v) is 10.6. The first-order valence-electron chi connectivity index (χ1n) is 5.41. The molecule has 0 saturated heterocycles. The number of halogens is 1. The molecule has 0 aliphatic carbocycles. The number of aromatic nitrogens is 4. The van der Waals surface area contributed by atoms with Gasteiger partial charge in [0.1, 0.15) is 0 Å². The van der Waals surface area contributed by atoms with E-state index < -0.39 is 0 Å². The van der Waals surface area contributed by atoms with E-state index in [9.17, 15) is 4.79 Å². The second kappa shape index (κ2) is 5.59. The lowest BCUT2D eigenvalue weighted by Gasteiger charge is -2.02. The summed E-state index contributed by atoms with van der Waals surface area (Å²) in [4.78, 5) is 11.7. The summed E-state index contributed by atoms with van der Waals surface area (Å²) >= 11 is 5.59. The molecule has 0 aliphatic heterocycles. The molecule has 0 unspecified atom stereocenters. The van der Waals surface area contributed by atoms with Crippen LogP contribution in [0.1, 0.15) is 16.2 Å². The van der Waals surface area contributed by atoms with Gasteiger partial charge in [-0.2, -0.15) is 5.10 Å². The minimum atomic E-state index is -0.268. The molecule has 0 saturated carbocycles. The summed E-state index contributed by atoms with van der Waals surface area (Å²) in [6.45, 7) is 0.500. The Balaban J connectivity index is 1.83. The van der Waals surface area contributed by atoms with Gasteiger partial charge in [0, 0.05) is 26.2 Å². The molecule has 6 nitrogen and oxygen atoms in total. The maximum Gasteiger partial charge on any atom is 0.271 e. The third-order valence-corrected chi connectivity index (χ3v) is 2.50. The van der Waals surface area contributed by atoms with Gasteiger partial charge >= 0.3 is 0 Å². The first-order valence-corrected chi connectivity index (χ1v) is 5.79. The molecule has 0 bridgehead atoms. The number of aryl methyl sites for hydroxylation is 1. The number of amides is 1. The maximum absolute atomic E-state index is 11.7. The van der Waals surface area contributed by atoms with Gasteiger partial charge in [-0.25, -0.2) is 0 Å². The first-order chi connectivity index (χ1) is 8.65. The fourth-order valence-corrected chi connectivity index (χ4v) is 1.53. The minimum Gasteiger partial charge on any atom is -0.350 e. The molecule has 18 heavy (non-hydrogen) atoms. The molecule has 0 spiro atoms. The molecular formula is C11H12ClN5O. The highest BCUT2D eigenvalue weighted by atomic mass is 35.5. The van der Waals surface area contributed by atoms with Crippen LogP contribution in [-0.4, -0.2) is 32.4 Å². The average molecular weight is 266 g/mol. The van der Waals surface area contributed by atoms with E-state index in [4.69, 9.17) is 11.6 Å². The highest BCUT2D eigenvalue weighted by Crippen LogP contribution is 2.02. The van der Waals surface area contributed by atoms with E-state index in [0.29, 0.717) is 13.0 Å². The number of carbonyl (C=O) groups is 1. The van der Waals surface area contributed by atoms with Crippen LogP contribution in [0.25, 0.3) is 0 Å². The normalized spacial score (nSPS) is 10.3. The second-order valence-electron chi connectivity index (χ2n) is 3.73. The fourth-order valence-electron chi connectivity index (χ4n) is 1.43. The molecule has 0 atom stereocenters. The molecule has 7 heteroatoms. The molecule has 0 radical (unpaired) electrons. The highest BCUT2D eigenvalue weighted by Gasteiger charge is 2.07. The van der Waals surface area contributed by atoms with Crippen LogP contribution in [0, 0.1) is 0 Å². The predicted octanol–water partition coefficient (Wildman–Crippen LogP) is 0.836. The molecule has 2 rings (SSSR count). The molecule has 0 aliphatic rings. The van der Waals surface area contributed by atoms with Gasteiger partial charge in [0.25, 0.3) is 5.91 Å².